The topological polar surface area (TPSA) is 129 Å². The molecule has 4 N–H and O–H groups in total. The van der Waals surface area contributed by atoms with Crippen LogP contribution in [0.1, 0.15) is 27.0 Å². The monoisotopic (exact) mass is 507 g/mol. The van der Waals surface area contributed by atoms with E-state index in [1.54, 1.807) is 4.57 Å². The fourth-order valence-corrected chi connectivity index (χ4v) is 4.20. The summed E-state index contributed by atoms with van der Waals surface area (Å²) in [6.07, 6.45) is -2.19. The summed E-state index contributed by atoms with van der Waals surface area (Å²) in [6, 6.07) is 0. The molecule has 27 heavy (non-hydrogen) atoms. The minimum absolute atomic E-state index is 0.0419. The lowest BCUT2D eigenvalue weighted by atomic mass is 10.1. The first-order chi connectivity index (χ1) is 12.4. The van der Waals surface area contributed by atoms with E-state index in [1.807, 2.05) is 22.6 Å². The number of aliphatic hydroxyl groups excluding tert-OH is 2. The number of hydrogen-bond acceptors (Lipinski definition) is 8. The first kappa shape index (κ1) is 20.9. The lowest BCUT2D eigenvalue weighted by molar-refractivity contribution is -0.0491. The number of fused-ring (bicyclic) bond motifs is 1. The van der Waals surface area contributed by atoms with Crippen molar-refractivity contribution in [3.05, 3.63) is 10.2 Å². The molecule has 1 aliphatic heterocycles. The van der Waals surface area contributed by atoms with Gasteiger partial charge in [0.15, 0.2) is 29.8 Å². The van der Waals surface area contributed by atoms with Crippen molar-refractivity contribution in [2.75, 3.05) is 12.3 Å². The first-order valence-corrected chi connectivity index (χ1v) is 12.7. The van der Waals surface area contributed by atoms with E-state index in [0.29, 0.717) is 15.0 Å². The molecule has 9 nitrogen and oxygen atoms in total. The van der Waals surface area contributed by atoms with E-state index in [2.05, 4.69) is 48.8 Å². The Kier molecular flexibility index (Phi) is 5.55. The molecule has 11 heteroatoms. The molecule has 0 unspecified atom stereocenters. The predicted octanol–water partition coefficient (Wildman–Crippen LogP) is 1.65. The molecule has 2 aromatic heterocycles. The van der Waals surface area contributed by atoms with Gasteiger partial charge in [-0.15, -0.1) is 0 Å². The number of aliphatic hydroxyl groups is 2. The number of hydrogen-bond donors (Lipinski definition) is 3. The van der Waals surface area contributed by atoms with Crippen LogP contribution in [-0.4, -0.2) is 63.0 Å². The van der Waals surface area contributed by atoms with E-state index in [4.69, 9.17) is 14.9 Å². The molecule has 0 spiro atoms. The van der Waals surface area contributed by atoms with Crippen molar-refractivity contribution in [3.63, 3.8) is 0 Å². The van der Waals surface area contributed by atoms with Crippen molar-refractivity contribution >= 4 is 47.9 Å². The molecule has 1 fully saturated rings. The maximum absolute atomic E-state index is 10.5. The van der Waals surface area contributed by atoms with Crippen LogP contribution in [0.4, 0.5) is 5.82 Å². The second-order valence-corrected chi connectivity index (χ2v) is 14.1. The number of nitrogens with two attached hydrogens (primary N) is 1. The van der Waals surface area contributed by atoms with Gasteiger partial charge in [-0.05, 0) is 18.1 Å². The van der Waals surface area contributed by atoms with Crippen LogP contribution in [-0.2, 0) is 9.16 Å². The van der Waals surface area contributed by atoms with Crippen LogP contribution in [0.25, 0.3) is 11.2 Å². The molecule has 0 bridgehead atoms. The predicted molar refractivity (Wildman–Crippen MR) is 112 cm³/mol. The summed E-state index contributed by atoms with van der Waals surface area (Å²) in [7, 11) is -2.00. The van der Waals surface area contributed by atoms with Crippen LogP contribution in [0.3, 0.4) is 0 Å². The fraction of sp³-hybridized carbons (Fsp3) is 0.688. The summed E-state index contributed by atoms with van der Waals surface area (Å²) in [5, 5.41) is 21.1. The third-order valence-corrected chi connectivity index (χ3v) is 10.4. The zero-order valence-electron chi connectivity index (χ0n) is 16.0. The van der Waals surface area contributed by atoms with Gasteiger partial charge < -0.3 is 25.1 Å². The highest BCUT2D eigenvalue weighted by atomic mass is 127. The third-order valence-electron chi connectivity index (χ3n) is 5.45. The number of halogens is 1. The smallest absolute Gasteiger partial charge is 0.194 e. The molecule has 4 atom stereocenters. The number of ether oxygens (including phenoxy) is 1. The highest BCUT2D eigenvalue weighted by Gasteiger charge is 2.46. The van der Waals surface area contributed by atoms with Crippen LogP contribution in [0.15, 0.2) is 6.33 Å². The van der Waals surface area contributed by atoms with Crippen LogP contribution in [0.5, 0.6) is 0 Å². The normalized spacial score (nSPS) is 26.8. The van der Waals surface area contributed by atoms with E-state index >= 15 is 0 Å². The molecule has 0 saturated carbocycles. The molecular formula is C16H26IN5O4Si. The Hall–Kier alpha value is -0.863. The van der Waals surface area contributed by atoms with Crippen LogP contribution in [0.2, 0.25) is 18.1 Å². The number of nitrogen functional groups attached to an aromatic ring is 1. The molecule has 1 saturated heterocycles. The number of rotatable bonds is 4. The average molecular weight is 507 g/mol. The zero-order chi connectivity index (χ0) is 20.1. The lowest BCUT2D eigenvalue weighted by Gasteiger charge is -2.37. The summed E-state index contributed by atoms with van der Waals surface area (Å²) >= 11 is 1.96. The van der Waals surface area contributed by atoms with Gasteiger partial charge >= 0.3 is 0 Å². The van der Waals surface area contributed by atoms with Crippen LogP contribution < -0.4 is 5.73 Å². The van der Waals surface area contributed by atoms with Gasteiger partial charge in [-0.1, -0.05) is 20.8 Å². The second-order valence-electron chi connectivity index (χ2n) is 8.32. The lowest BCUT2D eigenvalue weighted by Crippen LogP contribution is -2.44. The molecular weight excluding hydrogens is 481 g/mol. The number of anilines is 1. The highest BCUT2D eigenvalue weighted by Crippen LogP contribution is 2.38. The van der Waals surface area contributed by atoms with Gasteiger partial charge in [0, 0.05) is 22.6 Å². The Bertz CT molecular complexity index is 840. The molecule has 0 radical (unpaired) electrons. The maximum Gasteiger partial charge on any atom is 0.194 e. The minimum Gasteiger partial charge on any atom is -0.414 e. The van der Waals surface area contributed by atoms with E-state index in [0.717, 1.165) is 0 Å². The summed E-state index contributed by atoms with van der Waals surface area (Å²) < 4.78 is 14.1. The van der Waals surface area contributed by atoms with E-state index < -0.39 is 32.9 Å². The molecule has 0 aromatic carbocycles. The molecule has 0 aliphatic carbocycles. The second kappa shape index (κ2) is 7.19. The summed E-state index contributed by atoms with van der Waals surface area (Å²) in [5.74, 6) is 0.258. The largest absolute Gasteiger partial charge is 0.414 e. The summed E-state index contributed by atoms with van der Waals surface area (Å²) in [4.78, 5) is 12.6. The molecule has 2 aromatic rings. The standard InChI is InChI=1S/C16H26IN5O4Si/c1-16(2,3)27(4,5)25-6-8-10(23)11(24)14(26-8)22-7-19-9-12(18)20-15(17)21-13(9)22/h7-8,10-11,14,23-24H,6H2,1-5H3,(H2,18,20,21)/t8-,10-,11-,14-/m1/s1. The van der Waals surface area contributed by atoms with Crippen LogP contribution in [0, 0.1) is 3.83 Å². The van der Waals surface area contributed by atoms with Crippen molar-refractivity contribution < 1.29 is 19.4 Å². The molecule has 3 rings (SSSR count). The fourth-order valence-electron chi connectivity index (χ4n) is 2.70. The molecule has 150 valence electrons. The van der Waals surface area contributed by atoms with Gasteiger partial charge in [0.25, 0.3) is 0 Å². The Morgan fingerprint density at radius 1 is 1.30 bits per heavy atom. The van der Waals surface area contributed by atoms with Gasteiger partial charge in [0.2, 0.25) is 0 Å². The van der Waals surface area contributed by atoms with Gasteiger partial charge in [0.05, 0.1) is 12.9 Å². The van der Waals surface area contributed by atoms with E-state index in [-0.39, 0.29) is 17.5 Å². The highest BCUT2D eigenvalue weighted by molar-refractivity contribution is 14.1. The van der Waals surface area contributed by atoms with Crippen molar-refractivity contribution in [2.45, 2.75) is 63.4 Å². The minimum atomic E-state index is -2.00. The Balaban J connectivity index is 1.82. The zero-order valence-corrected chi connectivity index (χ0v) is 19.2. The Labute approximate surface area is 172 Å². The van der Waals surface area contributed by atoms with Crippen molar-refractivity contribution in [1.82, 2.24) is 19.5 Å². The average Bonchev–Trinajstić information content (AvgIpc) is 3.07. The maximum atomic E-state index is 10.5. The van der Waals surface area contributed by atoms with Gasteiger partial charge in [-0.2, -0.15) is 0 Å². The van der Waals surface area contributed by atoms with Crippen molar-refractivity contribution in [1.29, 1.82) is 0 Å². The van der Waals surface area contributed by atoms with Crippen molar-refractivity contribution in [3.8, 4) is 0 Å². The van der Waals surface area contributed by atoms with Gasteiger partial charge in [0.1, 0.15) is 23.8 Å². The summed E-state index contributed by atoms with van der Waals surface area (Å²) in [5.41, 5.74) is 6.78. The Morgan fingerprint density at radius 3 is 2.59 bits per heavy atom. The summed E-state index contributed by atoms with van der Waals surface area (Å²) in [6.45, 7) is 10.9. The molecule has 3 heterocycles. The van der Waals surface area contributed by atoms with E-state index in [1.165, 1.54) is 6.33 Å². The molecule has 1 aliphatic rings. The van der Waals surface area contributed by atoms with Crippen molar-refractivity contribution in [2.24, 2.45) is 0 Å². The Morgan fingerprint density at radius 2 is 1.96 bits per heavy atom. The quantitative estimate of drug-likeness (QED) is 0.324. The molecule has 0 amide bonds. The number of aromatic nitrogens is 4. The van der Waals surface area contributed by atoms with Gasteiger partial charge in [-0.3, -0.25) is 4.57 Å². The number of nitrogens with zero attached hydrogens (tertiary/aromatic N) is 4. The van der Waals surface area contributed by atoms with Gasteiger partial charge in [-0.25, -0.2) is 15.0 Å². The van der Waals surface area contributed by atoms with E-state index in [9.17, 15) is 10.2 Å². The van der Waals surface area contributed by atoms with Crippen LogP contribution >= 0.6 is 22.6 Å². The third kappa shape index (κ3) is 3.85. The SMILES string of the molecule is CC(C)(C)[Si](C)(C)OC[C@H]1O[C@@H](n2cnc3c(N)nc(I)nc32)[C@H](O)[C@@H]1O. The first-order valence-electron chi connectivity index (χ1n) is 8.73. The number of imidazole rings is 1.